The maximum absolute atomic E-state index is 13.2. The van der Waals surface area contributed by atoms with Gasteiger partial charge in [-0.25, -0.2) is 0 Å². The molecular formula is C25H22O2Se. The standard InChI is InChI=1S/C25H22O2Se/c1-25(2,3)20-16-10-15-19-21(17-11-6-4-7-12-17)23(24(26)27-22(19)20)28-18-13-8-5-9-14-18/h4-16H,1-3H3. The number of para-hydroxylation sites is 1. The van der Waals surface area contributed by atoms with Crippen LogP contribution in [0.4, 0.5) is 0 Å². The molecule has 1 heterocycles. The quantitative estimate of drug-likeness (QED) is 0.354. The first-order valence-electron chi connectivity index (χ1n) is 9.34. The Balaban J connectivity index is 2.07. The summed E-state index contributed by atoms with van der Waals surface area (Å²) in [6, 6.07) is 26.5. The molecule has 0 fully saturated rings. The third-order valence-corrected chi connectivity index (χ3v) is 7.00. The van der Waals surface area contributed by atoms with Crippen molar-refractivity contribution in [2.24, 2.45) is 0 Å². The first-order valence-corrected chi connectivity index (χ1v) is 11.0. The van der Waals surface area contributed by atoms with Crippen molar-refractivity contribution in [3.8, 4) is 11.1 Å². The van der Waals surface area contributed by atoms with E-state index in [9.17, 15) is 4.79 Å². The van der Waals surface area contributed by atoms with Crippen LogP contribution in [0.3, 0.4) is 0 Å². The first kappa shape index (κ1) is 18.7. The second-order valence-corrected chi connectivity index (χ2v) is 10.1. The van der Waals surface area contributed by atoms with Crippen LogP contribution in [0, 0.1) is 0 Å². The van der Waals surface area contributed by atoms with Gasteiger partial charge in [0.15, 0.2) is 0 Å². The van der Waals surface area contributed by atoms with E-state index in [0.717, 1.165) is 31.0 Å². The molecule has 0 spiro atoms. The van der Waals surface area contributed by atoms with E-state index in [1.54, 1.807) is 0 Å². The van der Waals surface area contributed by atoms with Gasteiger partial charge in [-0.05, 0) is 0 Å². The summed E-state index contributed by atoms with van der Waals surface area (Å²) in [4.78, 5) is 13.2. The Morgan fingerprint density at radius 1 is 0.786 bits per heavy atom. The van der Waals surface area contributed by atoms with E-state index >= 15 is 0 Å². The van der Waals surface area contributed by atoms with Crippen molar-refractivity contribution >= 4 is 34.8 Å². The zero-order valence-electron chi connectivity index (χ0n) is 16.2. The van der Waals surface area contributed by atoms with Gasteiger partial charge in [-0.3, -0.25) is 0 Å². The fourth-order valence-electron chi connectivity index (χ4n) is 3.39. The Morgan fingerprint density at radius 3 is 2.07 bits per heavy atom. The molecule has 4 aromatic rings. The molecular weight excluding hydrogens is 411 g/mol. The summed E-state index contributed by atoms with van der Waals surface area (Å²) in [5.74, 6) is 0. The predicted octanol–water partition coefficient (Wildman–Crippen LogP) is 4.41. The third-order valence-electron chi connectivity index (χ3n) is 4.73. The molecule has 0 saturated heterocycles. The summed E-state index contributed by atoms with van der Waals surface area (Å²) in [6.07, 6.45) is 0. The van der Waals surface area contributed by atoms with Crippen molar-refractivity contribution in [2.45, 2.75) is 26.2 Å². The normalized spacial score (nSPS) is 11.7. The van der Waals surface area contributed by atoms with E-state index in [-0.39, 0.29) is 26.0 Å². The van der Waals surface area contributed by atoms with Crippen molar-refractivity contribution in [1.82, 2.24) is 0 Å². The van der Waals surface area contributed by atoms with Crippen molar-refractivity contribution in [1.29, 1.82) is 0 Å². The first-order chi connectivity index (χ1) is 13.4. The van der Waals surface area contributed by atoms with Crippen LogP contribution in [0.5, 0.6) is 0 Å². The zero-order valence-corrected chi connectivity index (χ0v) is 17.9. The Hall–Kier alpha value is -2.61. The molecule has 0 aliphatic carbocycles. The van der Waals surface area contributed by atoms with E-state index in [1.165, 1.54) is 0 Å². The van der Waals surface area contributed by atoms with Crippen molar-refractivity contribution in [3.63, 3.8) is 0 Å². The average molecular weight is 433 g/mol. The van der Waals surface area contributed by atoms with Gasteiger partial charge in [-0.15, -0.1) is 0 Å². The summed E-state index contributed by atoms with van der Waals surface area (Å²) in [7, 11) is 0. The fourth-order valence-corrected chi connectivity index (χ4v) is 5.45. The predicted molar refractivity (Wildman–Crippen MR) is 118 cm³/mol. The summed E-state index contributed by atoms with van der Waals surface area (Å²) in [5, 5.41) is 1.01. The monoisotopic (exact) mass is 434 g/mol. The maximum atomic E-state index is 13.2. The SMILES string of the molecule is CC(C)(C)c1cccc2c(-c3ccccc3)c([Se]c3ccccc3)c(=O)oc12. The van der Waals surface area contributed by atoms with Gasteiger partial charge in [0.2, 0.25) is 0 Å². The molecule has 28 heavy (non-hydrogen) atoms. The average Bonchev–Trinajstić information content (AvgIpc) is 2.69. The fraction of sp³-hybridized carbons (Fsp3) is 0.160. The molecule has 0 saturated carbocycles. The molecule has 0 N–H and O–H groups in total. The molecule has 0 atom stereocenters. The Bertz CT molecular complexity index is 1170. The molecule has 2 nitrogen and oxygen atoms in total. The van der Waals surface area contributed by atoms with Gasteiger partial charge in [0, 0.05) is 0 Å². The summed E-state index contributed by atoms with van der Waals surface area (Å²) >= 11 is -0.140. The van der Waals surface area contributed by atoms with Crippen LogP contribution in [0.25, 0.3) is 22.1 Å². The molecule has 0 radical (unpaired) electrons. The van der Waals surface area contributed by atoms with Crippen LogP contribution in [-0.2, 0) is 5.41 Å². The second-order valence-electron chi connectivity index (χ2n) is 7.81. The molecule has 4 rings (SSSR count). The molecule has 0 aliphatic rings. The molecule has 0 bridgehead atoms. The van der Waals surface area contributed by atoms with Crippen LogP contribution >= 0.6 is 0 Å². The van der Waals surface area contributed by atoms with Gasteiger partial charge in [0.1, 0.15) is 0 Å². The van der Waals surface area contributed by atoms with Gasteiger partial charge >= 0.3 is 171 Å². The number of hydrogen-bond acceptors (Lipinski definition) is 2. The molecule has 0 unspecified atom stereocenters. The zero-order chi connectivity index (χ0) is 19.7. The number of fused-ring (bicyclic) bond motifs is 1. The third kappa shape index (κ3) is 3.56. The number of benzene rings is 3. The number of hydrogen-bond donors (Lipinski definition) is 0. The van der Waals surface area contributed by atoms with Crippen molar-refractivity contribution in [2.75, 3.05) is 0 Å². The van der Waals surface area contributed by atoms with Crippen molar-refractivity contribution < 1.29 is 4.42 Å². The topological polar surface area (TPSA) is 30.2 Å². The minimum atomic E-state index is -0.230. The van der Waals surface area contributed by atoms with Gasteiger partial charge in [-0.2, -0.15) is 0 Å². The van der Waals surface area contributed by atoms with Crippen LogP contribution < -0.4 is 14.5 Å². The summed E-state index contributed by atoms with van der Waals surface area (Å²) in [6.45, 7) is 6.43. The van der Waals surface area contributed by atoms with E-state index in [1.807, 2.05) is 36.4 Å². The molecule has 3 aromatic carbocycles. The summed E-state index contributed by atoms with van der Waals surface area (Å²) in [5.41, 5.74) is 3.47. The molecule has 0 aliphatic heterocycles. The van der Waals surface area contributed by atoms with Crippen molar-refractivity contribution in [3.05, 3.63) is 94.8 Å². The van der Waals surface area contributed by atoms with E-state index in [4.69, 9.17) is 4.42 Å². The van der Waals surface area contributed by atoms with Crippen LogP contribution in [-0.4, -0.2) is 15.0 Å². The van der Waals surface area contributed by atoms with Gasteiger partial charge in [0.25, 0.3) is 0 Å². The van der Waals surface area contributed by atoms with Gasteiger partial charge in [0.05, 0.1) is 0 Å². The Kier molecular flexibility index (Phi) is 4.97. The molecule has 140 valence electrons. The molecule has 1 aromatic heterocycles. The molecule has 3 heteroatoms. The van der Waals surface area contributed by atoms with Gasteiger partial charge < -0.3 is 0 Å². The Labute approximate surface area is 171 Å². The van der Waals surface area contributed by atoms with Crippen LogP contribution in [0.2, 0.25) is 0 Å². The van der Waals surface area contributed by atoms with E-state index < -0.39 is 0 Å². The van der Waals surface area contributed by atoms with Crippen LogP contribution in [0.1, 0.15) is 26.3 Å². The second kappa shape index (κ2) is 7.43. The van der Waals surface area contributed by atoms with E-state index in [2.05, 4.69) is 63.2 Å². The number of rotatable bonds is 3. The molecule has 0 amide bonds. The van der Waals surface area contributed by atoms with E-state index in [0.29, 0.717) is 5.58 Å². The minimum absolute atomic E-state index is 0.116. The summed E-state index contributed by atoms with van der Waals surface area (Å²) < 4.78 is 7.87. The van der Waals surface area contributed by atoms with Crippen LogP contribution in [0.15, 0.2) is 88.1 Å². The van der Waals surface area contributed by atoms with Gasteiger partial charge in [-0.1, -0.05) is 0 Å². The Morgan fingerprint density at radius 2 is 1.43 bits per heavy atom.